The predicted octanol–water partition coefficient (Wildman–Crippen LogP) is 2.12. The van der Waals surface area contributed by atoms with Gasteiger partial charge in [-0.1, -0.05) is 0 Å². The van der Waals surface area contributed by atoms with Gasteiger partial charge in [0.05, 0.1) is 0 Å². The standard InChI is InChI=1S/C3H4Cl2.H3N/c4-3(5)1-2-3;/h1-2H2;1H3. The van der Waals surface area contributed by atoms with Crippen LogP contribution >= 0.6 is 23.2 Å². The van der Waals surface area contributed by atoms with Crippen LogP contribution in [-0.2, 0) is 0 Å². The van der Waals surface area contributed by atoms with Crippen molar-refractivity contribution in [3.63, 3.8) is 0 Å². The van der Waals surface area contributed by atoms with Gasteiger partial charge in [0.15, 0.2) is 0 Å². The molecule has 0 bridgehead atoms. The summed E-state index contributed by atoms with van der Waals surface area (Å²) >= 11 is 10.8. The molecule has 0 aromatic rings. The van der Waals surface area contributed by atoms with Gasteiger partial charge in [-0.25, -0.2) is 0 Å². The first-order valence-electron chi connectivity index (χ1n) is 1.59. The highest BCUT2D eigenvalue weighted by molar-refractivity contribution is 6.50. The summed E-state index contributed by atoms with van der Waals surface area (Å²) in [6.45, 7) is 0. The molecule has 0 heterocycles. The SMILES string of the molecule is ClC1(Cl)CC1.N. The molecule has 3 heteroatoms. The number of rotatable bonds is 0. The summed E-state index contributed by atoms with van der Waals surface area (Å²) in [6, 6.07) is 0. The second kappa shape index (κ2) is 1.57. The fraction of sp³-hybridized carbons (Fsp3) is 1.00. The van der Waals surface area contributed by atoms with Gasteiger partial charge in [-0.2, -0.15) is 0 Å². The molecule has 1 rings (SSSR count). The van der Waals surface area contributed by atoms with E-state index in [2.05, 4.69) is 0 Å². The Bertz CT molecular complexity index is 46.8. The monoisotopic (exact) mass is 127 g/mol. The Hall–Kier alpha value is 0.540. The molecule has 3 N–H and O–H groups in total. The van der Waals surface area contributed by atoms with E-state index < -0.39 is 0 Å². The highest BCUT2D eigenvalue weighted by Crippen LogP contribution is 2.46. The second-order valence-electron chi connectivity index (χ2n) is 1.36. The first-order chi connectivity index (χ1) is 2.21. The zero-order valence-electron chi connectivity index (χ0n) is 3.38. The van der Waals surface area contributed by atoms with Crippen LogP contribution in [0, 0.1) is 0 Å². The van der Waals surface area contributed by atoms with Crippen molar-refractivity contribution in [1.82, 2.24) is 6.15 Å². The molecule has 0 amide bonds. The van der Waals surface area contributed by atoms with E-state index >= 15 is 0 Å². The van der Waals surface area contributed by atoms with Crippen LogP contribution < -0.4 is 6.15 Å². The zero-order valence-corrected chi connectivity index (χ0v) is 4.89. The smallest absolute Gasteiger partial charge is 0.118 e. The molecule has 1 saturated carbocycles. The molecule has 0 aliphatic heterocycles. The molecule has 1 aliphatic rings. The van der Waals surface area contributed by atoms with Crippen molar-refractivity contribution in [3.05, 3.63) is 0 Å². The fourth-order valence-electron chi connectivity index (χ4n) is 0.0945. The Kier molecular flexibility index (Phi) is 1.71. The average molecular weight is 128 g/mol. The predicted molar refractivity (Wildman–Crippen MR) is 28.7 cm³/mol. The van der Waals surface area contributed by atoms with Crippen molar-refractivity contribution >= 4 is 23.2 Å². The molecule has 1 aliphatic carbocycles. The maximum Gasteiger partial charge on any atom is 0.118 e. The van der Waals surface area contributed by atoms with E-state index in [-0.39, 0.29) is 10.5 Å². The normalized spacial score (nSPS) is 25.0. The van der Waals surface area contributed by atoms with Gasteiger partial charge in [0.25, 0.3) is 0 Å². The molecule has 0 unspecified atom stereocenters. The van der Waals surface area contributed by atoms with E-state index in [4.69, 9.17) is 23.2 Å². The van der Waals surface area contributed by atoms with Crippen molar-refractivity contribution in [3.8, 4) is 0 Å². The number of hydrogen-bond donors (Lipinski definition) is 1. The van der Waals surface area contributed by atoms with Gasteiger partial charge in [-0.05, 0) is 12.8 Å². The van der Waals surface area contributed by atoms with E-state index in [0.29, 0.717) is 0 Å². The summed E-state index contributed by atoms with van der Waals surface area (Å²) in [5, 5.41) is 0. The van der Waals surface area contributed by atoms with Crippen LogP contribution in [0.25, 0.3) is 0 Å². The molecule has 0 aromatic carbocycles. The fourth-order valence-corrected chi connectivity index (χ4v) is 0.283. The molecule has 1 fully saturated rings. The lowest BCUT2D eigenvalue weighted by atomic mass is 11.0. The molecule has 0 saturated heterocycles. The largest absolute Gasteiger partial charge is 0.344 e. The maximum absolute atomic E-state index is 5.41. The second-order valence-corrected chi connectivity index (χ2v) is 3.00. The van der Waals surface area contributed by atoms with Crippen LogP contribution in [0.4, 0.5) is 0 Å². The quantitative estimate of drug-likeness (QED) is 0.498. The van der Waals surface area contributed by atoms with Crippen molar-refractivity contribution < 1.29 is 0 Å². The highest BCUT2D eigenvalue weighted by atomic mass is 35.5. The number of alkyl halides is 2. The van der Waals surface area contributed by atoms with Gasteiger partial charge in [0.1, 0.15) is 4.33 Å². The lowest BCUT2D eigenvalue weighted by Gasteiger charge is -1.79. The maximum atomic E-state index is 5.41. The lowest BCUT2D eigenvalue weighted by molar-refractivity contribution is 1.36. The molecule has 0 spiro atoms. The Balaban J connectivity index is 0.000000250. The van der Waals surface area contributed by atoms with Crippen molar-refractivity contribution in [2.45, 2.75) is 17.2 Å². The van der Waals surface area contributed by atoms with E-state index in [1.807, 2.05) is 0 Å². The summed E-state index contributed by atoms with van der Waals surface area (Å²) in [6.07, 6.45) is 1.96. The Morgan fingerprint density at radius 3 is 1.33 bits per heavy atom. The van der Waals surface area contributed by atoms with Gasteiger partial charge < -0.3 is 6.15 Å². The summed E-state index contributed by atoms with van der Waals surface area (Å²) in [5.74, 6) is 0. The summed E-state index contributed by atoms with van der Waals surface area (Å²) in [4.78, 5) is 0. The Morgan fingerprint density at radius 1 is 1.17 bits per heavy atom. The number of hydrogen-bond acceptors (Lipinski definition) is 1. The third-order valence-corrected chi connectivity index (χ3v) is 1.38. The van der Waals surface area contributed by atoms with Crippen LogP contribution in [0.1, 0.15) is 12.8 Å². The molecular formula is C3H7Cl2N. The first kappa shape index (κ1) is 6.54. The number of halogens is 2. The van der Waals surface area contributed by atoms with Crippen molar-refractivity contribution in [2.75, 3.05) is 0 Å². The molecule has 0 atom stereocenters. The minimum absolute atomic E-state index is 0. The molecule has 0 aromatic heterocycles. The molecular weight excluding hydrogens is 121 g/mol. The van der Waals surface area contributed by atoms with Gasteiger partial charge in [0.2, 0.25) is 0 Å². The van der Waals surface area contributed by atoms with E-state index in [1.54, 1.807) is 0 Å². The molecule has 1 nitrogen and oxygen atoms in total. The summed E-state index contributed by atoms with van der Waals surface area (Å²) < 4.78 is -0.306. The van der Waals surface area contributed by atoms with E-state index in [1.165, 1.54) is 0 Å². The van der Waals surface area contributed by atoms with Gasteiger partial charge in [-0.3, -0.25) is 0 Å². The Morgan fingerprint density at radius 2 is 1.33 bits per heavy atom. The van der Waals surface area contributed by atoms with E-state index in [9.17, 15) is 0 Å². The third kappa shape index (κ3) is 1.85. The zero-order chi connectivity index (χ0) is 3.91. The topological polar surface area (TPSA) is 35.0 Å². The van der Waals surface area contributed by atoms with Crippen LogP contribution in [0.5, 0.6) is 0 Å². The molecule has 38 valence electrons. The van der Waals surface area contributed by atoms with Crippen molar-refractivity contribution in [2.24, 2.45) is 0 Å². The van der Waals surface area contributed by atoms with Crippen LogP contribution in [0.2, 0.25) is 0 Å². The lowest BCUT2D eigenvalue weighted by Crippen LogP contribution is -1.73. The van der Waals surface area contributed by atoms with Gasteiger partial charge in [-0.15, -0.1) is 23.2 Å². The molecule has 0 radical (unpaired) electrons. The average Bonchev–Trinajstić information content (AvgIpc) is 1.76. The Labute approximate surface area is 47.2 Å². The molecule has 6 heavy (non-hydrogen) atoms. The third-order valence-electron chi connectivity index (χ3n) is 0.628. The summed E-state index contributed by atoms with van der Waals surface area (Å²) in [7, 11) is 0. The van der Waals surface area contributed by atoms with Crippen LogP contribution in [0.3, 0.4) is 0 Å². The van der Waals surface area contributed by atoms with Crippen LogP contribution in [-0.4, -0.2) is 4.33 Å². The van der Waals surface area contributed by atoms with Crippen LogP contribution in [0.15, 0.2) is 0 Å². The van der Waals surface area contributed by atoms with Crippen molar-refractivity contribution in [1.29, 1.82) is 0 Å². The van der Waals surface area contributed by atoms with Gasteiger partial charge in [0, 0.05) is 0 Å². The minimum Gasteiger partial charge on any atom is -0.344 e. The van der Waals surface area contributed by atoms with Gasteiger partial charge >= 0.3 is 0 Å². The highest BCUT2D eigenvalue weighted by Gasteiger charge is 2.37. The van der Waals surface area contributed by atoms with E-state index in [0.717, 1.165) is 12.8 Å². The summed E-state index contributed by atoms with van der Waals surface area (Å²) in [5.41, 5.74) is 0. The first-order valence-corrected chi connectivity index (χ1v) is 2.34. The minimum atomic E-state index is -0.306.